The van der Waals surface area contributed by atoms with Gasteiger partial charge in [-0.1, -0.05) is 48.0 Å². The van der Waals surface area contributed by atoms with Crippen LogP contribution in [0.2, 0.25) is 0 Å². The van der Waals surface area contributed by atoms with Crippen LogP contribution in [0.1, 0.15) is 74.7 Å². The Bertz CT molecular complexity index is 321. The van der Waals surface area contributed by atoms with Gasteiger partial charge in [-0.3, -0.25) is 9.59 Å². The molecule has 0 aliphatic heterocycles. The molecule has 0 aromatic carbocycles. The summed E-state index contributed by atoms with van der Waals surface area (Å²) in [6.45, 7) is 16.2. The third-order valence-corrected chi connectivity index (χ3v) is 3.71. The molecule has 4 heteroatoms. The highest BCUT2D eigenvalue weighted by molar-refractivity contribution is 5.73. The normalized spacial score (nSPS) is 13.9. The van der Waals surface area contributed by atoms with Gasteiger partial charge < -0.3 is 9.84 Å². The van der Waals surface area contributed by atoms with Crippen LogP contribution in [0.3, 0.4) is 0 Å². The van der Waals surface area contributed by atoms with E-state index in [9.17, 15) is 9.59 Å². The van der Waals surface area contributed by atoms with E-state index in [0.717, 1.165) is 19.3 Å². The Hall–Kier alpha value is -1.06. The van der Waals surface area contributed by atoms with Gasteiger partial charge >= 0.3 is 11.9 Å². The van der Waals surface area contributed by atoms with Gasteiger partial charge in [0, 0.05) is 0 Å². The van der Waals surface area contributed by atoms with Crippen molar-refractivity contribution in [2.24, 2.45) is 23.2 Å². The van der Waals surface area contributed by atoms with Gasteiger partial charge in [0.05, 0.1) is 17.9 Å². The molecule has 1 N–H and O–H groups in total. The van der Waals surface area contributed by atoms with E-state index in [-0.39, 0.29) is 11.9 Å². The fraction of sp³-hybridized carbons (Fsp3) is 0.889. The summed E-state index contributed by atoms with van der Waals surface area (Å²) >= 11 is 0. The highest BCUT2D eigenvalue weighted by atomic mass is 16.5. The van der Waals surface area contributed by atoms with E-state index in [0.29, 0.717) is 18.4 Å². The maximum absolute atomic E-state index is 11.1. The lowest BCUT2D eigenvalue weighted by Crippen LogP contribution is -2.25. The minimum atomic E-state index is -0.696. The van der Waals surface area contributed by atoms with Gasteiger partial charge in [0.25, 0.3) is 0 Å². The zero-order valence-electron chi connectivity index (χ0n) is 15.7. The molecule has 0 aromatic rings. The highest BCUT2D eigenvalue weighted by Gasteiger charge is 2.28. The van der Waals surface area contributed by atoms with Gasteiger partial charge in [-0.05, 0) is 38.5 Å². The minimum Gasteiger partial charge on any atom is -0.481 e. The lowest BCUT2D eigenvalue weighted by atomic mass is 9.83. The molecule has 0 aromatic heterocycles. The van der Waals surface area contributed by atoms with Crippen LogP contribution in [0.4, 0.5) is 0 Å². The van der Waals surface area contributed by atoms with Crippen LogP contribution < -0.4 is 0 Å². The number of hydrogen-bond donors (Lipinski definition) is 1. The van der Waals surface area contributed by atoms with E-state index >= 15 is 0 Å². The molecule has 0 spiro atoms. The number of carbonyl (C=O) groups is 2. The van der Waals surface area contributed by atoms with Crippen molar-refractivity contribution in [1.82, 2.24) is 0 Å². The van der Waals surface area contributed by atoms with Crippen LogP contribution in [-0.4, -0.2) is 23.7 Å². The van der Waals surface area contributed by atoms with Crippen molar-refractivity contribution in [1.29, 1.82) is 0 Å². The summed E-state index contributed by atoms with van der Waals surface area (Å²) in [5.41, 5.74) is -0.560. The molecule has 0 radical (unpaired) electrons. The van der Waals surface area contributed by atoms with Gasteiger partial charge in [-0.2, -0.15) is 0 Å². The van der Waals surface area contributed by atoms with Gasteiger partial charge in [-0.25, -0.2) is 0 Å². The summed E-state index contributed by atoms with van der Waals surface area (Å²) in [6, 6.07) is 0. The molecular formula is C18H36O4. The average Bonchev–Trinajstić information content (AvgIpc) is 2.43. The maximum atomic E-state index is 11.1. The summed E-state index contributed by atoms with van der Waals surface area (Å²) in [6.07, 6.45) is 2.67. The Morgan fingerprint density at radius 2 is 1.55 bits per heavy atom. The van der Waals surface area contributed by atoms with Crippen molar-refractivity contribution in [3.63, 3.8) is 0 Å². The number of rotatable bonds is 8. The topological polar surface area (TPSA) is 63.6 Å². The Balaban J connectivity index is 0. The first-order valence-electron chi connectivity index (χ1n) is 8.37. The third kappa shape index (κ3) is 11.6. The minimum absolute atomic E-state index is 0.0498. The van der Waals surface area contributed by atoms with Gasteiger partial charge in [0.15, 0.2) is 0 Å². The van der Waals surface area contributed by atoms with E-state index in [1.54, 1.807) is 13.8 Å². The Kier molecular flexibility index (Phi) is 12.1. The Labute approximate surface area is 136 Å². The summed E-state index contributed by atoms with van der Waals surface area (Å²) in [7, 11) is 0. The molecule has 0 rings (SSSR count). The predicted molar refractivity (Wildman–Crippen MR) is 90.7 cm³/mol. The number of esters is 1. The molecule has 2 atom stereocenters. The third-order valence-electron chi connectivity index (χ3n) is 3.71. The quantitative estimate of drug-likeness (QED) is 0.655. The van der Waals surface area contributed by atoms with Crippen LogP contribution in [0.5, 0.6) is 0 Å². The first-order valence-corrected chi connectivity index (χ1v) is 8.37. The van der Waals surface area contributed by atoms with Crippen LogP contribution in [0.15, 0.2) is 0 Å². The Morgan fingerprint density at radius 1 is 1.05 bits per heavy atom. The molecule has 2 unspecified atom stereocenters. The summed E-state index contributed by atoms with van der Waals surface area (Å²) in [5.74, 6) is 0.219. The van der Waals surface area contributed by atoms with E-state index in [1.807, 2.05) is 27.7 Å². The lowest BCUT2D eigenvalue weighted by Gasteiger charge is -2.22. The molecule has 0 saturated carbocycles. The average molecular weight is 316 g/mol. The number of carboxylic acids is 1. The van der Waals surface area contributed by atoms with Crippen LogP contribution in [0.25, 0.3) is 0 Å². The van der Waals surface area contributed by atoms with E-state index in [1.165, 1.54) is 0 Å². The van der Waals surface area contributed by atoms with Crippen molar-refractivity contribution in [3.8, 4) is 0 Å². The van der Waals surface area contributed by atoms with Crippen molar-refractivity contribution >= 4 is 11.9 Å². The Morgan fingerprint density at radius 3 is 1.86 bits per heavy atom. The van der Waals surface area contributed by atoms with Crippen molar-refractivity contribution < 1.29 is 19.4 Å². The number of hydrogen-bond acceptors (Lipinski definition) is 3. The molecule has 22 heavy (non-hydrogen) atoms. The SMILES string of the molecule is CCC(C)C(=O)OCC(C)C.CCC(C)CC(C)(C)C(=O)O. The van der Waals surface area contributed by atoms with Crippen LogP contribution in [-0.2, 0) is 14.3 Å². The monoisotopic (exact) mass is 316 g/mol. The lowest BCUT2D eigenvalue weighted by molar-refractivity contribution is -0.149. The summed E-state index contributed by atoms with van der Waals surface area (Å²) < 4.78 is 5.02. The molecule has 0 aliphatic rings. The van der Waals surface area contributed by atoms with Crippen molar-refractivity contribution in [2.75, 3.05) is 6.61 Å². The van der Waals surface area contributed by atoms with Crippen molar-refractivity contribution in [2.45, 2.75) is 74.7 Å². The van der Waals surface area contributed by atoms with Gasteiger partial charge in [0.2, 0.25) is 0 Å². The van der Waals surface area contributed by atoms with Gasteiger partial charge in [0.1, 0.15) is 0 Å². The fourth-order valence-corrected chi connectivity index (χ4v) is 1.66. The molecule has 132 valence electrons. The molecule has 0 amide bonds. The first-order chi connectivity index (χ1) is 9.97. The number of carboxylic acid groups (broad SMARTS) is 1. The molecule has 0 heterocycles. The molecule has 4 nitrogen and oxygen atoms in total. The molecule has 0 saturated heterocycles. The standard InChI is InChI=1S/2C9H18O2/c1-5-7(2)6-9(3,4)8(10)11;1-5-8(4)9(10)11-6-7(2)3/h7H,5-6H2,1-4H3,(H,10,11);7-8H,5-6H2,1-4H3. The first kappa shape index (κ1) is 23.2. The largest absolute Gasteiger partial charge is 0.481 e. The predicted octanol–water partition coefficient (Wildman–Crippen LogP) is 4.77. The molecule has 0 fully saturated rings. The smallest absolute Gasteiger partial charge is 0.309 e. The number of ether oxygens (including phenoxy) is 1. The zero-order chi connectivity index (χ0) is 17.9. The van der Waals surface area contributed by atoms with Crippen molar-refractivity contribution in [3.05, 3.63) is 0 Å². The second kappa shape index (κ2) is 11.5. The van der Waals surface area contributed by atoms with Crippen LogP contribution in [0, 0.1) is 23.2 Å². The maximum Gasteiger partial charge on any atom is 0.309 e. The van der Waals surface area contributed by atoms with Gasteiger partial charge in [-0.15, -0.1) is 0 Å². The fourth-order valence-electron chi connectivity index (χ4n) is 1.66. The summed E-state index contributed by atoms with van der Waals surface area (Å²) in [4.78, 5) is 21.7. The highest BCUT2D eigenvalue weighted by Crippen LogP contribution is 2.26. The summed E-state index contributed by atoms with van der Waals surface area (Å²) in [5, 5.41) is 8.79. The molecule has 0 bridgehead atoms. The zero-order valence-corrected chi connectivity index (χ0v) is 15.7. The van der Waals surface area contributed by atoms with E-state index in [4.69, 9.17) is 9.84 Å². The molecule has 0 aliphatic carbocycles. The second-order valence-electron chi connectivity index (χ2n) is 7.24. The second-order valence-corrected chi connectivity index (χ2v) is 7.24. The number of aliphatic carboxylic acids is 1. The van der Waals surface area contributed by atoms with E-state index < -0.39 is 11.4 Å². The molecular weight excluding hydrogens is 280 g/mol. The van der Waals surface area contributed by atoms with E-state index in [2.05, 4.69) is 13.8 Å². The van der Waals surface area contributed by atoms with Crippen LogP contribution >= 0.6 is 0 Å². The number of carbonyl (C=O) groups excluding carboxylic acids is 1.